The van der Waals surface area contributed by atoms with Gasteiger partial charge in [0.2, 0.25) is 5.03 Å². The van der Waals surface area contributed by atoms with Crippen molar-refractivity contribution in [1.82, 2.24) is 9.55 Å². The van der Waals surface area contributed by atoms with Crippen molar-refractivity contribution < 1.29 is 18.4 Å². The number of benzene rings is 1. The van der Waals surface area contributed by atoms with E-state index in [1.165, 1.54) is 30.1 Å². The zero-order valence-electron chi connectivity index (χ0n) is 12.4. The summed E-state index contributed by atoms with van der Waals surface area (Å²) >= 11 is 5.89. The fourth-order valence-electron chi connectivity index (χ4n) is 1.84. The Morgan fingerprint density at radius 2 is 2.12 bits per heavy atom. The van der Waals surface area contributed by atoms with Gasteiger partial charge in [-0.1, -0.05) is 11.6 Å². The molecule has 1 aromatic heterocycles. The molecule has 0 aliphatic heterocycles. The van der Waals surface area contributed by atoms with Crippen molar-refractivity contribution in [2.75, 3.05) is 23.2 Å². The summed E-state index contributed by atoms with van der Waals surface area (Å²) in [5.74, 6) is 0. The fraction of sp³-hybridized carbons (Fsp3) is 0.250. The zero-order chi connectivity index (χ0) is 17.9. The van der Waals surface area contributed by atoms with Crippen molar-refractivity contribution in [3.63, 3.8) is 0 Å². The van der Waals surface area contributed by atoms with Crippen LogP contribution in [0.5, 0.6) is 0 Å². The number of rotatable bonds is 7. The lowest BCUT2D eigenvalue weighted by molar-refractivity contribution is -0.384. The van der Waals surface area contributed by atoms with Crippen LogP contribution in [-0.2, 0) is 17.1 Å². The number of aliphatic hydroxyl groups is 1. The SMILES string of the molecule is Cn1cnc(S(=O)(=O)Nc2cc([N+](=O)[O-])ccc2NCCO)c1Cl. The Kier molecular flexibility index (Phi) is 5.26. The summed E-state index contributed by atoms with van der Waals surface area (Å²) in [6, 6.07) is 3.62. The number of nitrogens with one attached hydrogen (secondary N) is 2. The van der Waals surface area contributed by atoms with Gasteiger partial charge in [0.15, 0.2) is 0 Å². The summed E-state index contributed by atoms with van der Waals surface area (Å²) in [6.07, 6.45) is 1.23. The molecule has 12 heteroatoms. The second-order valence-electron chi connectivity index (χ2n) is 4.69. The average Bonchev–Trinajstić information content (AvgIpc) is 2.86. The van der Waals surface area contributed by atoms with Gasteiger partial charge in [0.1, 0.15) is 5.15 Å². The molecule has 0 saturated heterocycles. The summed E-state index contributed by atoms with van der Waals surface area (Å²) < 4.78 is 28.4. The van der Waals surface area contributed by atoms with Gasteiger partial charge in [-0.2, -0.15) is 8.42 Å². The lowest BCUT2D eigenvalue weighted by Gasteiger charge is -2.13. The highest BCUT2D eigenvalue weighted by Gasteiger charge is 2.24. The van der Waals surface area contributed by atoms with Crippen LogP contribution in [0.25, 0.3) is 0 Å². The predicted octanol–water partition coefficient (Wildman–Crippen LogP) is 1.19. The molecule has 3 N–H and O–H groups in total. The Balaban J connectivity index is 2.44. The molecule has 0 saturated carbocycles. The van der Waals surface area contributed by atoms with Gasteiger partial charge in [-0.25, -0.2) is 4.98 Å². The molecular weight excluding hydrogens is 362 g/mol. The number of anilines is 2. The highest BCUT2D eigenvalue weighted by Crippen LogP contribution is 2.30. The number of hydrogen-bond acceptors (Lipinski definition) is 7. The third kappa shape index (κ3) is 3.75. The molecule has 2 aromatic rings. The first-order chi connectivity index (χ1) is 11.3. The molecule has 1 aromatic carbocycles. The van der Waals surface area contributed by atoms with E-state index in [1.54, 1.807) is 0 Å². The smallest absolute Gasteiger partial charge is 0.282 e. The van der Waals surface area contributed by atoms with Crippen LogP contribution >= 0.6 is 11.6 Å². The molecule has 24 heavy (non-hydrogen) atoms. The maximum atomic E-state index is 12.4. The number of nitro groups is 1. The average molecular weight is 376 g/mol. The van der Waals surface area contributed by atoms with Gasteiger partial charge in [-0.05, 0) is 6.07 Å². The van der Waals surface area contributed by atoms with Gasteiger partial charge in [-0.3, -0.25) is 14.8 Å². The minimum atomic E-state index is -4.15. The van der Waals surface area contributed by atoms with E-state index in [0.29, 0.717) is 0 Å². The Bertz CT molecular complexity index is 867. The van der Waals surface area contributed by atoms with Crippen molar-refractivity contribution >= 4 is 38.7 Å². The van der Waals surface area contributed by atoms with Crippen LogP contribution in [0.15, 0.2) is 29.6 Å². The van der Waals surface area contributed by atoms with Gasteiger partial charge in [0.05, 0.1) is 29.2 Å². The molecule has 0 amide bonds. The molecule has 0 unspecified atom stereocenters. The molecule has 130 valence electrons. The molecule has 0 bridgehead atoms. The van der Waals surface area contributed by atoms with E-state index >= 15 is 0 Å². The van der Waals surface area contributed by atoms with Gasteiger partial charge in [0.25, 0.3) is 15.7 Å². The molecule has 1 heterocycles. The van der Waals surface area contributed by atoms with Crippen LogP contribution in [-0.4, -0.2) is 41.2 Å². The van der Waals surface area contributed by atoms with Crippen LogP contribution in [0, 0.1) is 10.1 Å². The van der Waals surface area contributed by atoms with Gasteiger partial charge in [-0.15, -0.1) is 0 Å². The van der Waals surface area contributed by atoms with E-state index in [-0.39, 0.29) is 35.4 Å². The van der Waals surface area contributed by atoms with E-state index in [0.717, 1.165) is 6.07 Å². The summed E-state index contributed by atoms with van der Waals surface area (Å²) in [4.78, 5) is 14.0. The molecule has 0 fully saturated rings. The Morgan fingerprint density at radius 3 is 2.67 bits per heavy atom. The molecule has 0 spiro atoms. The lowest BCUT2D eigenvalue weighted by atomic mass is 10.2. The third-order valence-electron chi connectivity index (χ3n) is 2.97. The maximum absolute atomic E-state index is 12.4. The van der Waals surface area contributed by atoms with Crippen molar-refractivity contribution in [2.45, 2.75) is 5.03 Å². The second-order valence-corrected chi connectivity index (χ2v) is 6.65. The first kappa shape index (κ1) is 18.0. The van der Waals surface area contributed by atoms with Crippen LogP contribution < -0.4 is 10.0 Å². The number of aliphatic hydroxyl groups excluding tert-OH is 1. The minimum absolute atomic E-state index is 0.0561. The first-order valence-electron chi connectivity index (χ1n) is 6.59. The number of aromatic nitrogens is 2. The number of halogens is 1. The van der Waals surface area contributed by atoms with Crippen LogP contribution in [0.2, 0.25) is 5.15 Å². The summed E-state index contributed by atoms with van der Waals surface area (Å²) in [6.45, 7) is -0.0634. The molecule has 2 rings (SSSR count). The topological polar surface area (TPSA) is 139 Å². The quantitative estimate of drug-likeness (QED) is 0.487. The van der Waals surface area contributed by atoms with E-state index in [9.17, 15) is 18.5 Å². The maximum Gasteiger partial charge on any atom is 0.282 e. The molecule has 0 atom stereocenters. The van der Waals surface area contributed by atoms with Gasteiger partial charge < -0.3 is 15.0 Å². The van der Waals surface area contributed by atoms with Gasteiger partial charge >= 0.3 is 0 Å². The fourth-order valence-corrected chi connectivity index (χ4v) is 3.35. The van der Waals surface area contributed by atoms with Crippen LogP contribution in [0.3, 0.4) is 0 Å². The Hall–Kier alpha value is -2.37. The van der Waals surface area contributed by atoms with Crippen LogP contribution in [0.1, 0.15) is 0 Å². The van der Waals surface area contributed by atoms with E-state index in [4.69, 9.17) is 16.7 Å². The Labute approximate surface area is 142 Å². The van der Waals surface area contributed by atoms with Crippen molar-refractivity contribution in [1.29, 1.82) is 0 Å². The molecule has 0 aliphatic rings. The van der Waals surface area contributed by atoms with Crippen LogP contribution in [0.4, 0.5) is 17.1 Å². The summed E-state index contributed by atoms with van der Waals surface area (Å²) in [5, 5.41) is 22.0. The standard InChI is InChI=1S/C12H14ClN5O5S/c1-17-7-15-12(11(17)13)24(22,23)16-10-6-8(18(20)21)2-3-9(10)14-4-5-19/h2-3,6-7,14,16,19H,4-5H2,1H3. The number of non-ortho nitro benzene ring substituents is 1. The molecule has 10 nitrogen and oxygen atoms in total. The number of nitrogens with zero attached hydrogens (tertiary/aromatic N) is 3. The van der Waals surface area contributed by atoms with E-state index in [2.05, 4.69) is 15.0 Å². The molecular formula is C12H14ClN5O5S. The highest BCUT2D eigenvalue weighted by atomic mass is 35.5. The number of imidazole rings is 1. The monoisotopic (exact) mass is 375 g/mol. The first-order valence-corrected chi connectivity index (χ1v) is 8.45. The van der Waals surface area contributed by atoms with Crippen molar-refractivity contribution in [2.24, 2.45) is 7.05 Å². The minimum Gasteiger partial charge on any atom is -0.395 e. The zero-order valence-corrected chi connectivity index (χ0v) is 14.0. The summed E-state index contributed by atoms with van der Waals surface area (Å²) in [5.41, 5.74) is -0.0842. The van der Waals surface area contributed by atoms with Gasteiger partial charge in [0, 0.05) is 25.7 Å². The normalized spacial score (nSPS) is 11.3. The predicted molar refractivity (Wildman–Crippen MR) is 87.7 cm³/mol. The molecule has 0 radical (unpaired) electrons. The van der Waals surface area contributed by atoms with E-state index < -0.39 is 20.0 Å². The number of hydrogen-bond donors (Lipinski definition) is 3. The summed E-state index contributed by atoms with van der Waals surface area (Å²) in [7, 11) is -2.63. The third-order valence-corrected chi connectivity index (χ3v) is 4.83. The van der Waals surface area contributed by atoms with E-state index in [1.807, 2.05) is 0 Å². The number of sulfonamides is 1. The molecule has 0 aliphatic carbocycles. The Morgan fingerprint density at radius 1 is 1.42 bits per heavy atom. The highest BCUT2D eigenvalue weighted by molar-refractivity contribution is 7.92. The van der Waals surface area contributed by atoms with Crippen molar-refractivity contribution in [3.8, 4) is 0 Å². The number of aryl methyl sites for hydroxylation is 1. The van der Waals surface area contributed by atoms with Crippen molar-refractivity contribution in [3.05, 3.63) is 39.8 Å². The largest absolute Gasteiger partial charge is 0.395 e. The number of nitro benzene ring substituents is 1. The lowest BCUT2D eigenvalue weighted by Crippen LogP contribution is -2.16. The second kappa shape index (κ2) is 7.03.